The molecular formula is C19H16ClN5O4. The van der Waals surface area contributed by atoms with Crippen molar-refractivity contribution in [1.29, 1.82) is 0 Å². The second kappa shape index (κ2) is 8.19. The van der Waals surface area contributed by atoms with E-state index >= 15 is 0 Å². The van der Waals surface area contributed by atoms with Crippen LogP contribution in [-0.4, -0.2) is 28.1 Å². The Bertz CT molecular complexity index is 1060. The van der Waals surface area contributed by atoms with Crippen LogP contribution < -0.4 is 20.1 Å². The molecule has 3 aromatic rings. The number of halogens is 1. The number of fused-ring (bicyclic) bond motifs is 1. The second-order valence-corrected chi connectivity index (χ2v) is 6.51. The number of hydrogen-bond donors (Lipinski definition) is 2. The molecule has 0 bridgehead atoms. The Morgan fingerprint density at radius 1 is 1.07 bits per heavy atom. The molecule has 0 radical (unpaired) electrons. The molecule has 0 spiro atoms. The normalized spacial score (nSPS) is 12.3. The lowest BCUT2D eigenvalue weighted by Crippen LogP contribution is -2.15. The van der Waals surface area contributed by atoms with E-state index in [0.29, 0.717) is 35.4 Å². The summed E-state index contributed by atoms with van der Waals surface area (Å²) in [6.45, 7) is 1.21. The highest BCUT2D eigenvalue weighted by Crippen LogP contribution is 2.36. The number of ether oxygens (including phenoxy) is 2. The van der Waals surface area contributed by atoms with Gasteiger partial charge in [-0.3, -0.25) is 10.1 Å². The fourth-order valence-corrected chi connectivity index (χ4v) is 3.05. The van der Waals surface area contributed by atoms with Crippen molar-refractivity contribution in [3.63, 3.8) is 0 Å². The summed E-state index contributed by atoms with van der Waals surface area (Å²) in [4.78, 5) is 19.3. The highest BCUT2D eigenvalue weighted by Gasteiger charge is 2.24. The average molecular weight is 414 g/mol. The predicted molar refractivity (Wildman–Crippen MR) is 108 cm³/mol. The van der Waals surface area contributed by atoms with Crippen LogP contribution in [0.3, 0.4) is 0 Å². The SMILES string of the molecule is O=[N+]([O-])c1c(NCc2ccccc2Cl)ncnc1Nc1ccc2c(c1)OCCO2. The summed E-state index contributed by atoms with van der Waals surface area (Å²) < 4.78 is 11.0. The average Bonchev–Trinajstić information content (AvgIpc) is 2.73. The van der Waals surface area contributed by atoms with Gasteiger partial charge in [-0.2, -0.15) is 0 Å². The molecule has 4 rings (SSSR count). The molecule has 10 heteroatoms. The molecule has 2 N–H and O–H groups in total. The van der Waals surface area contributed by atoms with Gasteiger partial charge in [0.05, 0.1) is 4.92 Å². The van der Waals surface area contributed by atoms with Gasteiger partial charge in [-0.05, 0) is 23.8 Å². The fraction of sp³-hybridized carbons (Fsp3) is 0.158. The lowest BCUT2D eigenvalue weighted by Gasteiger charge is -2.19. The van der Waals surface area contributed by atoms with Crippen molar-refractivity contribution in [3.05, 3.63) is 69.5 Å². The molecule has 0 amide bonds. The molecule has 1 aliphatic rings. The van der Waals surface area contributed by atoms with E-state index in [1.54, 1.807) is 24.3 Å². The van der Waals surface area contributed by atoms with Gasteiger partial charge in [-0.1, -0.05) is 29.8 Å². The summed E-state index contributed by atoms with van der Waals surface area (Å²) in [5, 5.41) is 18.2. The van der Waals surface area contributed by atoms with E-state index in [0.717, 1.165) is 5.56 Å². The highest BCUT2D eigenvalue weighted by atomic mass is 35.5. The van der Waals surface area contributed by atoms with Crippen LogP contribution in [0.15, 0.2) is 48.8 Å². The van der Waals surface area contributed by atoms with Gasteiger partial charge in [0.25, 0.3) is 0 Å². The third-order valence-corrected chi connectivity index (χ3v) is 4.58. The molecule has 9 nitrogen and oxygen atoms in total. The lowest BCUT2D eigenvalue weighted by molar-refractivity contribution is -0.383. The van der Waals surface area contributed by atoms with Gasteiger partial charge in [-0.15, -0.1) is 0 Å². The van der Waals surface area contributed by atoms with Crippen molar-refractivity contribution >= 4 is 34.6 Å². The number of nitro groups is 1. The molecule has 2 aromatic carbocycles. The molecule has 2 heterocycles. The van der Waals surface area contributed by atoms with E-state index in [2.05, 4.69) is 20.6 Å². The minimum absolute atomic E-state index is 0.0586. The van der Waals surface area contributed by atoms with E-state index in [4.69, 9.17) is 21.1 Å². The fourth-order valence-electron chi connectivity index (χ4n) is 2.85. The van der Waals surface area contributed by atoms with Crippen molar-refractivity contribution in [1.82, 2.24) is 9.97 Å². The Morgan fingerprint density at radius 3 is 2.62 bits per heavy atom. The third-order valence-electron chi connectivity index (χ3n) is 4.21. The molecular weight excluding hydrogens is 398 g/mol. The monoisotopic (exact) mass is 413 g/mol. The Morgan fingerprint density at radius 2 is 1.83 bits per heavy atom. The van der Waals surface area contributed by atoms with Crippen LogP contribution in [0.1, 0.15) is 5.56 Å². The first kappa shape index (κ1) is 18.8. The Hall–Kier alpha value is -3.59. The van der Waals surface area contributed by atoms with Gasteiger partial charge in [0, 0.05) is 23.3 Å². The van der Waals surface area contributed by atoms with Gasteiger partial charge >= 0.3 is 5.69 Å². The molecule has 29 heavy (non-hydrogen) atoms. The van der Waals surface area contributed by atoms with Crippen molar-refractivity contribution in [2.75, 3.05) is 23.8 Å². The standard InChI is InChI=1S/C19H16ClN5O4/c20-14-4-2-1-3-12(14)10-21-18-17(25(26)27)19(23-11-22-18)24-13-5-6-15-16(9-13)29-8-7-28-15/h1-6,9,11H,7-8,10H2,(H2,21,22,23,24). The van der Waals surface area contributed by atoms with E-state index in [1.165, 1.54) is 6.33 Å². The van der Waals surface area contributed by atoms with Crippen LogP contribution in [0, 0.1) is 10.1 Å². The summed E-state index contributed by atoms with van der Waals surface area (Å²) in [5.41, 5.74) is 1.10. The van der Waals surface area contributed by atoms with Crippen LogP contribution in [0.4, 0.5) is 23.0 Å². The molecule has 0 atom stereocenters. The minimum Gasteiger partial charge on any atom is -0.486 e. The van der Waals surface area contributed by atoms with Gasteiger partial charge in [0.1, 0.15) is 19.5 Å². The number of anilines is 3. The maximum Gasteiger partial charge on any atom is 0.353 e. The van der Waals surface area contributed by atoms with Crippen molar-refractivity contribution in [3.8, 4) is 11.5 Å². The molecule has 1 aliphatic heterocycles. The Kier molecular flexibility index (Phi) is 5.30. The number of rotatable bonds is 6. The topological polar surface area (TPSA) is 111 Å². The number of nitrogens with one attached hydrogen (secondary N) is 2. The molecule has 148 valence electrons. The maximum atomic E-state index is 11.7. The van der Waals surface area contributed by atoms with Crippen LogP contribution in [-0.2, 0) is 6.54 Å². The van der Waals surface area contributed by atoms with Crippen molar-refractivity contribution in [2.45, 2.75) is 6.54 Å². The zero-order valence-electron chi connectivity index (χ0n) is 15.1. The Labute approximate surface area is 170 Å². The molecule has 0 saturated heterocycles. The summed E-state index contributed by atoms with van der Waals surface area (Å²) in [5.74, 6) is 1.34. The van der Waals surface area contributed by atoms with Gasteiger partial charge in [0.2, 0.25) is 11.6 Å². The number of benzene rings is 2. The van der Waals surface area contributed by atoms with Crippen LogP contribution >= 0.6 is 11.6 Å². The summed E-state index contributed by atoms with van der Waals surface area (Å²) >= 11 is 6.15. The van der Waals surface area contributed by atoms with Crippen molar-refractivity contribution in [2.24, 2.45) is 0 Å². The smallest absolute Gasteiger partial charge is 0.353 e. The molecule has 0 unspecified atom stereocenters. The zero-order chi connectivity index (χ0) is 20.2. The lowest BCUT2D eigenvalue weighted by atomic mass is 10.2. The number of nitrogens with zero attached hydrogens (tertiary/aromatic N) is 3. The highest BCUT2D eigenvalue weighted by molar-refractivity contribution is 6.31. The first-order valence-corrected chi connectivity index (χ1v) is 9.13. The van der Waals surface area contributed by atoms with E-state index in [1.807, 2.05) is 18.2 Å². The van der Waals surface area contributed by atoms with E-state index in [-0.39, 0.29) is 23.9 Å². The number of aromatic nitrogens is 2. The quantitative estimate of drug-likeness (QED) is 0.457. The minimum atomic E-state index is -0.532. The van der Waals surface area contributed by atoms with Gasteiger partial charge in [0.15, 0.2) is 11.5 Å². The zero-order valence-corrected chi connectivity index (χ0v) is 15.8. The first-order chi connectivity index (χ1) is 14.1. The molecule has 0 fully saturated rings. The van der Waals surface area contributed by atoms with Gasteiger partial charge < -0.3 is 20.1 Å². The third kappa shape index (κ3) is 4.14. The van der Waals surface area contributed by atoms with Gasteiger partial charge in [-0.25, -0.2) is 9.97 Å². The van der Waals surface area contributed by atoms with Crippen LogP contribution in [0.2, 0.25) is 5.02 Å². The second-order valence-electron chi connectivity index (χ2n) is 6.10. The molecule has 0 aliphatic carbocycles. The summed E-state index contributed by atoms with van der Waals surface area (Å²) in [6, 6.07) is 12.4. The first-order valence-electron chi connectivity index (χ1n) is 8.75. The largest absolute Gasteiger partial charge is 0.486 e. The van der Waals surface area contributed by atoms with Crippen molar-refractivity contribution < 1.29 is 14.4 Å². The van der Waals surface area contributed by atoms with Crippen LogP contribution in [0.5, 0.6) is 11.5 Å². The molecule has 1 aromatic heterocycles. The Balaban J connectivity index is 1.60. The maximum absolute atomic E-state index is 11.7. The summed E-state index contributed by atoms with van der Waals surface area (Å²) in [6.07, 6.45) is 1.25. The summed E-state index contributed by atoms with van der Waals surface area (Å²) in [7, 11) is 0. The van der Waals surface area contributed by atoms with E-state index in [9.17, 15) is 10.1 Å². The molecule has 0 saturated carbocycles. The number of hydrogen-bond acceptors (Lipinski definition) is 8. The predicted octanol–water partition coefficient (Wildman–Crippen LogP) is 4.17. The van der Waals surface area contributed by atoms with E-state index < -0.39 is 4.92 Å². The van der Waals surface area contributed by atoms with Crippen LogP contribution in [0.25, 0.3) is 0 Å².